The number of carbonyl (C=O) groups is 1. The molecule has 0 atom stereocenters. The van der Waals surface area contributed by atoms with Crippen LogP contribution < -0.4 is 23.8 Å². The average Bonchev–Trinajstić information content (AvgIpc) is 3.62. The molecule has 1 aromatic heterocycles. The first kappa shape index (κ1) is 36.3. The fraction of sp³-hybridized carbons (Fsp3) is 0.368. The van der Waals surface area contributed by atoms with Gasteiger partial charge in [0.15, 0.2) is 11.5 Å². The highest BCUT2D eigenvalue weighted by Crippen LogP contribution is 2.34. The van der Waals surface area contributed by atoms with Crippen LogP contribution in [0.15, 0.2) is 83.9 Å². The van der Waals surface area contributed by atoms with Crippen LogP contribution in [0.4, 0.5) is 24.5 Å². The van der Waals surface area contributed by atoms with E-state index in [1.54, 1.807) is 0 Å². The van der Waals surface area contributed by atoms with E-state index in [1.807, 2.05) is 36.1 Å². The lowest BCUT2D eigenvalue weighted by molar-refractivity contribution is -0.137. The van der Waals surface area contributed by atoms with Crippen LogP contribution in [0.25, 0.3) is 0 Å². The number of aryl methyl sites for hydroxylation is 1. The number of pyridine rings is 1. The number of sulfonamides is 1. The maximum Gasteiger partial charge on any atom is 0.416 e. The third kappa shape index (κ3) is 8.79. The summed E-state index contributed by atoms with van der Waals surface area (Å²) >= 11 is 0. The molecule has 3 aromatic carbocycles. The molecule has 0 spiro atoms. The number of piperidine rings is 1. The lowest BCUT2D eigenvalue weighted by atomic mass is 9.92. The van der Waals surface area contributed by atoms with Gasteiger partial charge in [-0.25, -0.2) is 13.4 Å². The van der Waals surface area contributed by atoms with Crippen molar-refractivity contribution in [3.8, 4) is 23.1 Å². The van der Waals surface area contributed by atoms with Crippen molar-refractivity contribution in [2.45, 2.75) is 43.8 Å². The summed E-state index contributed by atoms with van der Waals surface area (Å²) < 4.78 is 83.1. The molecule has 1 amide bonds. The monoisotopic (exact) mass is 751 g/mol. The van der Waals surface area contributed by atoms with Crippen LogP contribution in [-0.4, -0.2) is 75.2 Å². The van der Waals surface area contributed by atoms with Gasteiger partial charge in [-0.2, -0.15) is 13.2 Å². The first-order valence-electron chi connectivity index (χ1n) is 17.5. The normalized spacial score (nSPS) is 16.8. The second-order valence-corrected chi connectivity index (χ2v) is 15.2. The number of rotatable bonds is 10. The Bertz CT molecular complexity index is 2030. The Morgan fingerprint density at radius 3 is 2.32 bits per heavy atom. The van der Waals surface area contributed by atoms with E-state index in [1.165, 1.54) is 23.9 Å². The number of hydrogen-bond acceptors (Lipinski definition) is 9. The zero-order valence-electron chi connectivity index (χ0n) is 29.1. The SMILES string of the molecule is Cc1cc(N2CCC(CC(=O)N3CCN(Cc4ccc5c(c4)OCO5)CC3)CC2)ccc1Oc1ccc(NS(=O)(=O)c2ccc(C(F)(F)F)cc2)cn1. The van der Waals surface area contributed by atoms with Crippen molar-refractivity contribution >= 4 is 27.3 Å². The van der Waals surface area contributed by atoms with Crippen molar-refractivity contribution < 1.29 is 40.6 Å². The molecule has 1 N–H and O–H groups in total. The maximum atomic E-state index is 13.2. The third-order valence-corrected chi connectivity index (χ3v) is 11.3. The second kappa shape index (κ2) is 15.1. The molecule has 11 nitrogen and oxygen atoms in total. The molecule has 4 aromatic rings. The van der Waals surface area contributed by atoms with Crippen molar-refractivity contribution in [1.29, 1.82) is 0 Å². The number of piperazine rings is 1. The second-order valence-electron chi connectivity index (χ2n) is 13.5. The van der Waals surface area contributed by atoms with E-state index < -0.39 is 21.8 Å². The number of anilines is 2. The number of carbonyl (C=O) groups excluding carboxylic acids is 1. The number of hydrogen-bond donors (Lipinski definition) is 1. The predicted octanol–water partition coefficient (Wildman–Crippen LogP) is 6.68. The van der Waals surface area contributed by atoms with E-state index in [0.717, 1.165) is 106 Å². The zero-order chi connectivity index (χ0) is 37.2. The molecule has 0 saturated carbocycles. The fourth-order valence-corrected chi connectivity index (χ4v) is 7.86. The van der Waals surface area contributed by atoms with E-state index in [9.17, 15) is 26.4 Å². The van der Waals surface area contributed by atoms with Crippen molar-refractivity contribution in [1.82, 2.24) is 14.8 Å². The number of halogens is 3. The minimum absolute atomic E-state index is 0.130. The van der Waals surface area contributed by atoms with Gasteiger partial charge in [0.2, 0.25) is 18.6 Å². The third-order valence-electron chi connectivity index (χ3n) is 9.86. The van der Waals surface area contributed by atoms with Crippen molar-refractivity contribution in [3.63, 3.8) is 0 Å². The van der Waals surface area contributed by atoms with Crippen molar-refractivity contribution in [2.24, 2.45) is 5.92 Å². The molecular weight excluding hydrogens is 712 g/mol. The Kier molecular flexibility index (Phi) is 10.4. The Morgan fingerprint density at radius 1 is 0.906 bits per heavy atom. The predicted molar refractivity (Wildman–Crippen MR) is 192 cm³/mol. The molecule has 3 aliphatic rings. The average molecular weight is 752 g/mol. The van der Waals surface area contributed by atoms with E-state index in [-0.39, 0.29) is 29.2 Å². The number of amides is 1. The molecule has 2 fully saturated rings. The fourth-order valence-electron chi connectivity index (χ4n) is 6.82. The van der Waals surface area contributed by atoms with Gasteiger partial charge in [-0.05, 0) is 97.5 Å². The number of alkyl halides is 3. The van der Waals surface area contributed by atoms with Gasteiger partial charge < -0.3 is 24.0 Å². The summed E-state index contributed by atoms with van der Waals surface area (Å²) in [5.41, 5.74) is 2.33. The smallest absolute Gasteiger partial charge is 0.416 e. The van der Waals surface area contributed by atoms with Crippen molar-refractivity contribution in [3.05, 3.63) is 95.7 Å². The van der Waals surface area contributed by atoms with Gasteiger partial charge >= 0.3 is 6.18 Å². The molecule has 4 heterocycles. The first-order chi connectivity index (χ1) is 25.4. The number of benzene rings is 3. The minimum atomic E-state index is -4.57. The molecule has 0 radical (unpaired) electrons. The van der Waals surface area contributed by atoms with Gasteiger partial charge in [-0.15, -0.1) is 0 Å². The topological polar surface area (TPSA) is 114 Å². The van der Waals surface area contributed by atoms with Gasteiger partial charge in [0.05, 0.1) is 22.3 Å². The molecule has 0 aliphatic carbocycles. The van der Waals surface area contributed by atoms with Crippen LogP contribution in [0.1, 0.15) is 36.0 Å². The number of ether oxygens (including phenoxy) is 3. The first-order valence-corrected chi connectivity index (χ1v) is 19.0. The number of nitrogens with one attached hydrogen (secondary N) is 1. The minimum Gasteiger partial charge on any atom is -0.454 e. The van der Waals surface area contributed by atoms with E-state index in [2.05, 4.69) is 31.6 Å². The largest absolute Gasteiger partial charge is 0.454 e. The molecule has 7 rings (SSSR count). The number of nitrogens with zero attached hydrogens (tertiary/aromatic N) is 4. The van der Waals surface area contributed by atoms with Gasteiger partial charge in [-0.3, -0.25) is 14.4 Å². The summed E-state index contributed by atoms with van der Waals surface area (Å²) in [5, 5.41) is 0. The van der Waals surface area contributed by atoms with Gasteiger partial charge in [0, 0.05) is 64.0 Å². The summed E-state index contributed by atoms with van der Waals surface area (Å²) in [5.74, 6) is 3.00. The summed E-state index contributed by atoms with van der Waals surface area (Å²) in [7, 11) is -4.13. The standard InChI is InChI=1S/C38H40F3N5O6S/c1-26-20-31(6-10-33(26)52-36-11-5-30(23-42-36)43-53(48,49)32-7-3-29(4-8-32)38(39,40)41)45-14-12-27(13-15-45)22-37(47)46-18-16-44(17-19-46)24-28-2-9-34-35(21-28)51-25-50-34/h2-11,20-21,23,27,43H,12-19,22,24-25H2,1H3. The zero-order valence-corrected chi connectivity index (χ0v) is 30.0. The molecule has 15 heteroatoms. The highest BCUT2D eigenvalue weighted by atomic mass is 32.2. The highest BCUT2D eigenvalue weighted by Gasteiger charge is 2.31. The Labute approximate surface area is 306 Å². The lowest BCUT2D eigenvalue weighted by Crippen LogP contribution is -2.48. The van der Waals surface area contributed by atoms with Crippen LogP contribution in [-0.2, 0) is 27.5 Å². The van der Waals surface area contributed by atoms with Crippen LogP contribution in [0.2, 0.25) is 0 Å². The van der Waals surface area contributed by atoms with Gasteiger partial charge in [0.25, 0.3) is 10.0 Å². The summed E-state index contributed by atoms with van der Waals surface area (Å²) in [4.78, 5) is 23.8. The van der Waals surface area contributed by atoms with Crippen LogP contribution >= 0.6 is 0 Å². The molecule has 280 valence electrons. The molecular formula is C38H40F3N5O6S. The molecule has 0 unspecified atom stereocenters. The summed E-state index contributed by atoms with van der Waals surface area (Å²) in [6, 6.07) is 18.2. The molecule has 53 heavy (non-hydrogen) atoms. The van der Waals surface area contributed by atoms with E-state index in [0.29, 0.717) is 18.1 Å². The van der Waals surface area contributed by atoms with E-state index in [4.69, 9.17) is 14.2 Å². The molecule has 2 saturated heterocycles. The van der Waals surface area contributed by atoms with Crippen LogP contribution in [0.3, 0.4) is 0 Å². The maximum absolute atomic E-state index is 13.2. The van der Waals surface area contributed by atoms with E-state index >= 15 is 0 Å². The Hall–Kier alpha value is -5.02. The summed E-state index contributed by atoms with van der Waals surface area (Å²) in [6.45, 7) is 7.88. The lowest BCUT2D eigenvalue weighted by Gasteiger charge is -2.37. The molecule has 0 bridgehead atoms. The van der Waals surface area contributed by atoms with Crippen LogP contribution in [0, 0.1) is 12.8 Å². The number of fused-ring (bicyclic) bond motifs is 1. The quantitative estimate of drug-likeness (QED) is 0.190. The van der Waals surface area contributed by atoms with Crippen molar-refractivity contribution in [2.75, 3.05) is 55.7 Å². The highest BCUT2D eigenvalue weighted by molar-refractivity contribution is 7.92. The van der Waals surface area contributed by atoms with Gasteiger partial charge in [0.1, 0.15) is 5.75 Å². The summed E-state index contributed by atoms with van der Waals surface area (Å²) in [6.07, 6.45) is -0.843. The van der Waals surface area contributed by atoms with Gasteiger partial charge in [-0.1, -0.05) is 6.07 Å². The Balaban J connectivity index is 0.850. The van der Waals surface area contributed by atoms with Crippen LogP contribution in [0.5, 0.6) is 23.1 Å². The molecule has 3 aliphatic heterocycles. The number of aromatic nitrogens is 1. The Morgan fingerprint density at radius 2 is 1.64 bits per heavy atom.